The molecule has 17 heavy (non-hydrogen) atoms. The van der Waals surface area contributed by atoms with Crippen molar-refractivity contribution in [1.29, 1.82) is 0 Å². The number of carbonyl (C=O) groups excluding carboxylic acids is 1. The van der Waals surface area contributed by atoms with Crippen molar-refractivity contribution in [3.8, 4) is 0 Å². The molecule has 7 heteroatoms. The number of hydrogen-bond donors (Lipinski definition) is 4. The molecule has 0 radical (unpaired) electrons. The molecule has 0 atom stereocenters. The quantitative estimate of drug-likeness (QED) is 0.629. The van der Waals surface area contributed by atoms with E-state index >= 15 is 0 Å². The molecule has 0 aliphatic rings. The van der Waals surface area contributed by atoms with Crippen molar-refractivity contribution in [1.82, 2.24) is 15.3 Å². The van der Waals surface area contributed by atoms with Crippen LogP contribution >= 0.6 is 0 Å². The first-order valence-electron chi connectivity index (χ1n) is 4.85. The normalized spacial score (nSPS) is 10.1. The first kappa shape index (κ1) is 10.9. The van der Waals surface area contributed by atoms with Crippen LogP contribution in [-0.4, -0.2) is 33.6 Å². The van der Waals surface area contributed by atoms with E-state index in [1.807, 2.05) is 0 Å². The van der Waals surface area contributed by atoms with Crippen LogP contribution in [-0.2, 0) is 4.79 Å². The van der Waals surface area contributed by atoms with E-state index in [1.165, 1.54) is 0 Å². The van der Waals surface area contributed by atoms with Crippen molar-refractivity contribution >= 4 is 28.7 Å². The van der Waals surface area contributed by atoms with Gasteiger partial charge in [-0.3, -0.25) is 4.79 Å². The number of nitrogens with zero attached hydrogens (tertiary/aromatic N) is 1. The van der Waals surface area contributed by atoms with E-state index in [2.05, 4.69) is 20.6 Å². The van der Waals surface area contributed by atoms with Gasteiger partial charge in [-0.25, -0.2) is 9.78 Å². The van der Waals surface area contributed by atoms with Crippen LogP contribution in [0.5, 0.6) is 0 Å². The largest absolute Gasteiger partial charge is 0.480 e. The lowest BCUT2D eigenvalue weighted by atomic mass is 10.3. The molecule has 1 aromatic heterocycles. The summed E-state index contributed by atoms with van der Waals surface area (Å²) < 4.78 is 0. The lowest BCUT2D eigenvalue weighted by molar-refractivity contribution is -0.135. The molecule has 0 aliphatic carbocycles. The van der Waals surface area contributed by atoms with Gasteiger partial charge in [0.1, 0.15) is 6.54 Å². The van der Waals surface area contributed by atoms with E-state index in [0.29, 0.717) is 5.69 Å². The third kappa shape index (κ3) is 2.71. The van der Waals surface area contributed by atoms with Gasteiger partial charge in [0.15, 0.2) is 0 Å². The van der Waals surface area contributed by atoms with E-state index in [-0.39, 0.29) is 0 Å². The number of amides is 2. The van der Waals surface area contributed by atoms with E-state index in [1.54, 1.807) is 24.5 Å². The SMILES string of the molecule is O=C(O)CNC(=O)Nc1ccc2nc[nH]c2c1. The molecule has 0 spiro atoms. The Kier molecular flexibility index (Phi) is 2.91. The summed E-state index contributed by atoms with van der Waals surface area (Å²) in [6.45, 7) is -0.419. The van der Waals surface area contributed by atoms with Crippen LogP contribution in [0.2, 0.25) is 0 Å². The summed E-state index contributed by atoms with van der Waals surface area (Å²) in [5.74, 6) is -1.09. The Bertz CT molecular complexity index is 563. The lowest BCUT2D eigenvalue weighted by Crippen LogP contribution is -2.33. The number of carbonyl (C=O) groups is 2. The van der Waals surface area contributed by atoms with Gasteiger partial charge in [-0.1, -0.05) is 0 Å². The number of H-pyrrole nitrogens is 1. The molecule has 2 amide bonds. The molecule has 2 aromatic rings. The van der Waals surface area contributed by atoms with Crippen LogP contribution in [0.1, 0.15) is 0 Å². The molecule has 0 saturated carbocycles. The number of benzene rings is 1. The average Bonchev–Trinajstić information content (AvgIpc) is 2.73. The summed E-state index contributed by atoms with van der Waals surface area (Å²) in [4.78, 5) is 28.5. The number of carboxylic acids is 1. The minimum Gasteiger partial charge on any atom is -0.480 e. The standard InChI is InChI=1S/C10H10N4O3/c15-9(16)4-11-10(17)14-6-1-2-7-8(3-6)13-5-12-7/h1-3,5H,4H2,(H,12,13)(H,15,16)(H2,11,14,17). The molecule has 1 aromatic carbocycles. The van der Waals surface area contributed by atoms with Crippen molar-refractivity contribution in [3.05, 3.63) is 24.5 Å². The lowest BCUT2D eigenvalue weighted by Gasteiger charge is -2.05. The van der Waals surface area contributed by atoms with Gasteiger partial charge in [0.2, 0.25) is 0 Å². The molecular weight excluding hydrogens is 224 g/mol. The molecule has 1 heterocycles. The maximum Gasteiger partial charge on any atom is 0.323 e. The summed E-state index contributed by atoms with van der Waals surface area (Å²) >= 11 is 0. The molecular formula is C10H10N4O3. The number of fused-ring (bicyclic) bond motifs is 1. The molecule has 4 N–H and O–H groups in total. The minimum atomic E-state index is -1.09. The maximum absolute atomic E-state index is 11.3. The second-order valence-corrected chi connectivity index (χ2v) is 3.34. The Balaban J connectivity index is 2.02. The highest BCUT2D eigenvalue weighted by molar-refractivity contribution is 5.93. The van der Waals surface area contributed by atoms with Gasteiger partial charge in [-0.2, -0.15) is 0 Å². The van der Waals surface area contributed by atoms with Gasteiger partial charge in [0.05, 0.1) is 17.4 Å². The summed E-state index contributed by atoms with van der Waals surface area (Å²) in [5, 5.41) is 13.1. The van der Waals surface area contributed by atoms with E-state index in [4.69, 9.17) is 5.11 Å². The zero-order valence-electron chi connectivity index (χ0n) is 8.73. The van der Waals surface area contributed by atoms with Gasteiger partial charge in [0.25, 0.3) is 0 Å². The van der Waals surface area contributed by atoms with Crippen molar-refractivity contribution in [2.75, 3.05) is 11.9 Å². The number of aromatic nitrogens is 2. The van der Waals surface area contributed by atoms with Crippen LogP contribution in [0, 0.1) is 0 Å². The highest BCUT2D eigenvalue weighted by atomic mass is 16.4. The second-order valence-electron chi connectivity index (χ2n) is 3.34. The average molecular weight is 234 g/mol. The Labute approximate surface area is 95.9 Å². The first-order valence-corrected chi connectivity index (χ1v) is 4.85. The summed E-state index contributed by atoms with van der Waals surface area (Å²) in [7, 11) is 0. The molecule has 0 unspecified atom stereocenters. The molecule has 0 bridgehead atoms. The fourth-order valence-corrected chi connectivity index (χ4v) is 1.34. The van der Waals surface area contributed by atoms with Crippen molar-refractivity contribution in [2.45, 2.75) is 0 Å². The van der Waals surface area contributed by atoms with E-state index in [9.17, 15) is 9.59 Å². The zero-order valence-corrected chi connectivity index (χ0v) is 8.73. The van der Waals surface area contributed by atoms with Gasteiger partial charge < -0.3 is 20.7 Å². The summed E-state index contributed by atoms with van der Waals surface area (Å²) in [6, 6.07) is 4.58. The van der Waals surface area contributed by atoms with Gasteiger partial charge in [0, 0.05) is 5.69 Å². The topological polar surface area (TPSA) is 107 Å². The fourth-order valence-electron chi connectivity index (χ4n) is 1.34. The predicted octanol–water partition coefficient (Wildman–Crippen LogP) is 0.769. The van der Waals surface area contributed by atoms with Crippen LogP contribution in [0.3, 0.4) is 0 Å². The first-order chi connectivity index (χ1) is 8.15. The van der Waals surface area contributed by atoms with Gasteiger partial charge in [-0.15, -0.1) is 0 Å². The number of carboxylic acid groups (broad SMARTS) is 1. The number of aliphatic carboxylic acids is 1. The Morgan fingerprint density at radius 1 is 1.41 bits per heavy atom. The number of nitrogens with one attached hydrogen (secondary N) is 3. The van der Waals surface area contributed by atoms with Crippen LogP contribution in [0.15, 0.2) is 24.5 Å². The van der Waals surface area contributed by atoms with Crippen molar-refractivity contribution in [3.63, 3.8) is 0 Å². The van der Waals surface area contributed by atoms with E-state index < -0.39 is 18.5 Å². The monoisotopic (exact) mass is 234 g/mol. The molecule has 88 valence electrons. The van der Waals surface area contributed by atoms with Crippen LogP contribution < -0.4 is 10.6 Å². The van der Waals surface area contributed by atoms with E-state index in [0.717, 1.165) is 11.0 Å². The third-order valence-corrected chi connectivity index (χ3v) is 2.08. The molecule has 7 nitrogen and oxygen atoms in total. The number of urea groups is 1. The fraction of sp³-hybridized carbons (Fsp3) is 0.100. The Hall–Kier alpha value is -2.57. The number of anilines is 1. The number of hydrogen-bond acceptors (Lipinski definition) is 3. The minimum absolute atomic E-state index is 0.419. The second kappa shape index (κ2) is 4.52. The van der Waals surface area contributed by atoms with Crippen LogP contribution in [0.25, 0.3) is 11.0 Å². The summed E-state index contributed by atoms with van der Waals surface area (Å²) in [6.07, 6.45) is 1.55. The maximum atomic E-state index is 11.3. The predicted molar refractivity (Wildman–Crippen MR) is 60.8 cm³/mol. The van der Waals surface area contributed by atoms with Crippen molar-refractivity contribution < 1.29 is 14.7 Å². The molecule has 0 fully saturated rings. The third-order valence-electron chi connectivity index (χ3n) is 2.08. The summed E-state index contributed by atoms with van der Waals surface area (Å²) in [5.41, 5.74) is 2.15. The Morgan fingerprint density at radius 2 is 2.24 bits per heavy atom. The van der Waals surface area contributed by atoms with Crippen LogP contribution in [0.4, 0.5) is 10.5 Å². The number of rotatable bonds is 3. The number of imidazole rings is 1. The zero-order chi connectivity index (χ0) is 12.3. The van der Waals surface area contributed by atoms with Gasteiger partial charge >= 0.3 is 12.0 Å². The smallest absolute Gasteiger partial charge is 0.323 e. The highest BCUT2D eigenvalue weighted by Gasteiger charge is 2.04. The highest BCUT2D eigenvalue weighted by Crippen LogP contribution is 2.15. The number of aromatic amines is 1. The Morgan fingerprint density at radius 3 is 3.00 bits per heavy atom. The molecule has 2 rings (SSSR count). The molecule has 0 saturated heterocycles. The van der Waals surface area contributed by atoms with Crippen molar-refractivity contribution in [2.24, 2.45) is 0 Å². The van der Waals surface area contributed by atoms with Gasteiger partial charge in [-0.05, 0) is 18.2 Å². The molecule has 0 aliphatic heterocycles.